The Morgan fingerprint density at radius 1 is 1.09 bits per heavy atom. The Labute approximate surface area is 211 Å². The van der Waals surface area contributed by atoms with Gasteiger partial charge in [0.15, 0.2) is 11.5 Å². The molecule has 3 heterocycles. The topological polar surface area (TPSA) is 95.7 Å². The number of likely N-dealkylation sites (tertiary alicyclic amines) is 1. The van der Waals surface area contributed by atoms with Crippen LogP contribution in [0.2, 0.25) is 10.0 Å². The summed E-state index contributed by atoms with van der Waals surface area (Å²) >= 11 is 12.4. The molecule has 10 heteroatoms. The number of nitrogens with one attached hydrogen (secondary N) is 1. The van der Waals surface area contributed by atoms with Crippen molar-refractivity contribution in [2.75, 3.05) is 19.8 Å². The van der Waals surface area contributed by atoms with Crippen LogP contribution >= 0.6 is 23.2 Å². The molecule has 8 nitrogen and oxygen atoms in total. The number of imidazole rings is 1. The first kappa shape index (κ1) is 23.3. The Morgan fingerprint density at radius 2 is 1.89 bits per heavy atom. The molecule has 35 heavy (non-hydrogen) atoms. The van der Waals surface area contributed by atoms with Gasteiger partial charge in [0.1, 0.15) is 31.4 Å². The van der Waals surface area contributed by atoms with Crippen molar-refractivity contribution in [2.45, 2.75) is 19.0 Å². The lowest BCUT2D eigenvalue weighted by molar-refractivity contribution is -0.695. The van der Waals surface area contributed by atoms with Crippen molar-refractivity contribution >= 4 is 40.7 Å². The number of aryl methyl sites for hydroxylation is 1. The number of aromatic amines is 1. The van der Waals surface area contributed by atoms with Crippen LogP contribution in [0.25, 0.3) is 5.76 Å². The van der Waals surface area contributed by atoms with Gasteiger partial charge in [-0.2, -0.15) is 0 Å². The van der Waals surface area contributed by atoms with Gasteiger partial charge in [-0.15, -0.1) is 0 Å². The number of fused-ring (bicyclic) bond motifs is 1. The van der Waals surface area contributed by atoms with E-state index in [0.717, 1.165) is 0 Å². The number of hydrogen-bond acceptors (Lipinski definition) is 5. The molecule has 0 bridgehead atoms. The van der Waals surface area contributed by atoms with Crippen LogP contribution in [0.3, 0.4) is 0 Å². The fourth-order valence-corrected chi connectivity index (χ4v) is 4.68. The van der Waals surface area contributed by atoms with E-state index in [2.05, 4.69) is 4.98 Å². The van der Waals surface area contributed by atoms with Gasteiger partial charge in [0.05, 0.1) is 28.2 Å². The van der Waals surface area contributed by atoms with Crippen molar-refractivity contribution in [3.8, 4) is 11.5 Å². The number of nitrogens with zero attached hydrogens (tertiary/aromatic N) is 2. The molecule has 2 aromatic carbocycles. The number of H-pyrrole nitrogens is 1. The van der Waals surface area contributed by atoms with E-state index in [1.807, 2.05) is 17.1 Å². The summed E-state index contributed by atoms with van der Waals surface area (Å²) in [5.41, 5.74) is 0.909. The standard InChI is InChI=1S/C25H21Cl2N3O5/c26-17-4-2-15(12-18(17)27)22-21(23(31)16-3-5-19-20(13-16)35-11-10-34-19)24(32)25(33)30(22)8-1-7-29-9-6-28-14-29/h2-6,9,12-14,22H,1,7-8,10-11H2,(H,31,32)/p+1. The molecule has 0 saturated carbocycles. The number of ether oxygens (including phenoxy) is 2. The van der Waals surface area contributed by atoms with E-state index in [-0.39, 0.29) is 16.4 Å². The van der Waals surface area contributed by atoms with Gasteiger partial charge in [0.2, 0.25) is 6.33 Å². The molecule has 1 fully saturated rings. The first-order valence-corrected chi connectivity index (χ1v) is 11.8. The number of carbonyl (C=O) groups is 2. The number of Topliss-reactive ketones (excluding diaryl/α,β-unsaturated/α-hetero) is 1. The lowest BCUT2D eigenvalue weighted by atomic mass is 9.95. The van der Waals surface area contributed by atoms with E-state index < -0.39 is 17.7 Å². The van der Waals surface area contributed by atoms with Crippen LogP contribution in [-0.2, 0) is 16.1 Å². The second-order valence-corrected chi connectivity index (χ2v) is 9.04. The van der Waals surface area contributed by atoms with Crippen LogP contribution in [-0.4, -0.2) is 46.4 Å². The van der Waals surface area contributed by atoms with Crippen LogP contribution in [0.5, 0.6) is 11.5 Å². The normalized spacial score (nSPS) is 18.8. The van der Waals surface area contributed by atoms with Gasteiger partial charge < -0.3 is 19.5 Å². The predicted octanol–water partition coefficient (Wildman–Crippen LogP) is 3.89. The van der Waals surface area contributed by atoms with Gasteiger partial charge in [-0.1, -0.05) is 29.3 Å². The van der Waals surface area contributed by atoms with Crippen molar-refractivity contribution in [1.82, 2.24) is 9.88 Å². The summed E-state index contributed by atoms with van der Waals surface area (Å²) in [4.78, 5) is 30.8. The number of halogens is 2. The predicted molar refractivity (Wildman–Crippen MR) is 129 cm³/mol. The number of amides is 1. The molecule has 2 aliphatic rings. The van der Waals surface area contributed by atoms with E-state index in [9.17, 15) is 14.7 Å². The number of benzene rings is 2. The average molecular weight is 515 g/mol. The fraction of sp³-hybridized carbons (Fsp3) is 0.240. The van der Waals surface area contributed by atoms with Crippen LogP contribution in [0.4, 0.5) is 0 Å². The molecule has 1 atom stereocenters. The number of aromatic nitrogens is 2. The lowest BCUT2D eigenvalue weighted by Crippen LogP contribution is -2.36. The summed E-state index contributed by atoms with van der Waals surface area (Å²) < 4.78 is 13.1. The highest BCUT2D eigenvalue weighted by Crippen LogP contribution is 2.42. The molecule has 1 saturated heterocycles. The summed E-state index contributed by atoms with van der Waals surface area (Å²) in [6.45, 7) is 1.75. The molecule has 2 aliphatic heterocycles. The van der Waals surface area contributed by atoms with E-state index in [1.165, 1.54) is 4.90 Å². The monoisotopic (exact) mass is 514 g/mol. The first-order chi connectivity index (χ1) is 16.9. The second-order valence-electron chi connectivity index (χ2n) is 8.23. The SMILES string of the molecule is O=C1C(=O)N(CCC[n+]2cc[nH]c2)C(c2ccc(Cl)c(Cl)c2)C1=C(O)c1ccc2c(c1)OCCO2. The average Bonchev–Trinajstić information content (AvgIpc) is 3.47. The molecule has 5 rings (SSSR count). The maximum atomic E-state index is 13.2. The molecular weight excluding hydrogens is 493 g/mol. The zero-order chi connectivity index (χ0) is 24.5. The molecule has 0 radical (unpaired) electrons. The second kappa shape index (κ2) is 9.64. The Kier molecular flexibility index (Phi) is 6.40. The Bertz CT molecular complexity index is 1320. The van der Waals surface area contributed by atoms with Crippen molar-refractivity contribution in [1.29, 1.82) is 0 Å². The molecule has 1 unspecified atom stereocenters. The number of aliphatic hydroxyl groups excluding tert-OH is 1. The third-order valence-corrected chi connectivity index (χ3v) is 6.77. The van der Waals surface area contributed by atoms with Gasteiger partial charge in [-0.25, -0.2) is 4.57 Å². The van der Waals surface area contributed by atoms with Gasteiger partial charge in [-0.05, 0) is 35.9 Å². The lowest BCUT2D eigenvalue weighted by Gasteiger charge is -2.25. The summed E-state index contributed by atoms with van der Waals surface area (Å²) in [5, 5.41) is 11.9. The number of ketones is 1. The van der Waals surface area contributed by atoms with Crippen molar-refractivity contribution in [2.24, 2.45) is 0 Å². The highest BCUT2D eigenvalue weighted by molar-refractivity contribution is 6.46. The van der Waals surface area contributed by atoms with E-state index in [4.69, 9.17) is 32.7 Å². The maximum Gasteiger partial charge on any atom is 0.295 e. The van der Waals surface area contributed by atoms with Gasteiger partial charge in [-0.3, -0.25) is 14.6 Å². The molecule has 3 aromatic rings. The zero-order valence-electron chi connectivity index (χ0n) is 18.5. The maximum absolute atomic E-state index is 13.2. The van der Waals surface area contributed by atoms with Crippen LogP contribution in [0.15, 0.2) is 60.7 Å². The van der Waals surface area contributed by atoms with E-state index in [1.54, 1.807) is 42.6 Å². The van der Waals surface area contributed by atoms with Gasteiger partial charge >= 0.3 is 0 Å². The van der Waals surface area contributed by atoms with Crippen molar-refractivity contribution < 1.29 is 28.7 Å². The smallest absolute Gasteiger partial charge is 0.295 e. The summed E-state index contributed by atoms with van der Waals surface area (Å²) in [6, 6.07) is 9.01. The van der Waals surface area contributed by atoms with Crippen LogP contribution in [0.1, 0.15) is 23.6 Å². The summed E-state index contributed by atoms with van der Waals surface area (Å²) in [5.74, 6) is -0.721. The molecular formula is C25H22Cl2N3O5+. The zero-order valence-corrected chi connectivity index (χ0v) is 20.1. The molecule has 1 aromatic heterocycles. The van der Waals surface area contributed by atoms with Crippen molar-refractivity contribution in [3.63, 3.8) is 0 Å². The van der Waals surface area contributed by atoms with E-state index >= 15 is 0 Å². The molecule has 0 aliphatic carbocycles. The molecule has 1 amide bonds. The van der Waals surface area contributed by atoms with Gasteiger partial charge in [0.25, 0.3) is 11.7 Å². The third-order valence-electron chi connectivity index (χ3n) is 6.03. The van der Waals surface area contributed by atoms with Crippen LogP contribution < -0.4 is 14.0 Å². The fourth-order valence-electron chi connectivity index (χ4n) is 4.37. The minimum atomic E-state index is -0.825. The summed E-state index contributed by atoms with van der Waals surface area (Å²) in [6.07, 6.45) is 6.09. The third kappa shape index (κ3) is 4.47. The highest BCUT2D eigenvalue weighted by Gasteiger charge is 2.46. The molecule has 0 spiro atoms. The Balaban J connectivity index is 1.55. The van der Waals surface area contributed by atoms with Gasteiger partial charge in [0, 0.05) is 18.5 Å². The number of rotatable bonds is 6. The number of aliphatic hydroxyl groups is 1. The van der Waals surface area contributed by atoms with Crippen LogP contribution in [0, 0.1) is 0 Å². The Morgan fingerprint density at radius 3 is 2.63 bits per heavy atom. The number of carbonyl (C=O) groups excluding carboxylic acids is 2. The quantitative estimate of drug-likeness (QED) is 0.225. The van der Waals surface area contributed by atoms with E-state index in [0.29, 0.717) is 60.4 Å². The number of hydrogen-bond donors (Lipinski definition) is 2. The minimum Gasteiger partial charge on any atom is -0.507 e. The molecule has 2 N–H and O–H groups in total. The largest absolute Gasteiger partial charge is 0.507 e. The first-order valence-electron chi connectivity index (χ1n) is 11.1. The Hall–Kier alpha value is -3.49. The highest BCUT2D eigenvalue weighted by atomic mass is 35.5. The molecule has 180 valence electrons. The minimum absolute atomic E-state index is 0.0145. The van der Waals surface area contributed by atoms with Crippen molar-refractivity contribution in [3.05, 3.63) is 81.9 Å². The summed E-state index contributed by atoms with van der Waals surface area (Å²) in [7, 11) is 0.